The van der Waals surface area contributed by atoms with Gasteiger partial charge in [0.05, 0.1) is 5.52 Å². The Balaban J connectivity index is 2.79. The van der Waals surface area contributed by atoms with E-state index in [1.54, 1.807) is 6.20 Å². The van der Waals surface area contributed by atoms with Crippen molar-refractivity contribution in [3.8, 4) is 0 Å². The van der Waals surface area contributed by atoms with Crippen LogP contribution < -0.4 is 5.73 Å². The Bertz CT molecular complexity index is 437. The first-order valence-electron chi connectivity index (χ1n) is 3.26. The molecule has 2 heterocycles. The molecule has 0 atom stereocenters. The molecule has 5 heteroatoms. The lowest BCUT2D eigenvalue weighted by atomic mass is 10.3. The number of aromatic nitrogens is 2. The van der Waals surface area contributed by atoms with E-state index in [-0.39, 0.29) is 0 Å². The fraction of sp³-hybridized carbons (Fsp3) is 0. The molecule has 0 saturated carbocycles. The molecule has 2 aromatic rings. The van der Waals surface area contributed by atoms with Crippen molar-refractivity contribution < 1.29 is 4.79 Å². The van der Waals surface area contributed by atoms with Crippen LogP contribution in [0.5, 0.6) is 0 Å². The molecule has 0 aromatic carbocycles. The highest BCUT2D eigenvalue weighted by Crippen LogP contribution is 2.21. The third kappa shape index (κ3) is 0.947. The molecule has 60 valence electrons. The molecule has 0 aliphatic rings. The van der Waals surface area contributed by atoms with Crippen LogP contribution in [0.3, 0.4) is 0 Å². The zero-order valence-electron chi connectivity index (χ0n) is 6.02. The van der Waals surface area contributed by atoms with E-state index >= 15 is 0 Å². The summed E-state index contributed by atoms with van der Waals surface area (Å²) < 4.78 is 0. The number of carbonyl (C=O) groups excluding carboxylic acids is 1. The van der Waals surface area contributed by atoms with Crippen molar-refractivity contribution in [3.05, 3.63) is 22.8 Å². The van der Waals surface area contributed by atoms with Crippen molar-refractivity contribution >= 4 is 28.1 Å². The average molecular weight is 179 g/mol. The summed E-state index contributed by atoms with van der Waals surface area (Å²) in [6.07, 6.45) is 3.06. The van der Waals surface area contributed by atoms with Crippen molar-refractivity contribution in [2.75, 3.05) is 0 Å². The van der Waals surface area contributed by atoms with E-state index in [1.807, 2.05) is 5.38 Å². The number of fused-ring (bicyclic) bond motifs is 1. The maximum atomic E-state index is 10.8. The molecule has 0 aliphatic heterocycles. The van der Waals surface area contributed by atoms with E-state index in [0.717, 1.165) is 5.39 Å². The van der Waals surface area contributed by atoms with Crippen LogP contribution in [-0.4, -0.2) is 15.9 Å². The maximum absolute atomic E-state index is 10.8. The zero-order chi connectivity index (χ0) is 8.55. The van der Waals surface area contributed by atoms with Gasteiger partial charge in [0.2, 0.25) is 0 Å². The molecule has 0 fully saturated rings. The number of nitrogens with two attached hydrogens (primary N) is 1. The van der Waals surface area contributed by atoms with Gasteiger partial charge in [0.25, 0.3) is 5.91 Å². The van der Waals surface area contributed by atoms with Gasteiger partial charge >= 0.3 is 0 Å². The Labute approximate surface area is 72.1 Å². The Morgan fingerprint density at radius 1 is 1.58 bits per heavy atom. The van der Waals surface area contributed by atoms with Gasteiger partial charge < -0.3 is 5.73 Å². The molecule has 0 bridgehead atoms. The molecular weight excluding hydrogens is 174 g/mol. The molecule has 2 aromatic heterocycles. The summed E-state index contributed by atoms with van der Waals surface area (Å²) in [4.78, 5) is 19.1. The predicted octanol–water partition coefficient (Wildman–Crippen LogP) is 0.790. The summed E-state index contributed by atoms with van der Waals surface area (Å²) >= 11 is 1.29. The third-order valence-corrected chi connectivity index (χ3v) is 2.49. The Morgan fingerprint density at radius 2 is 2.42 bits per heavy atom. The maximum Gasteiger partial charge on any atom is 0.261 e. The van der Waals surface area contributed by atoms with Crippen molar-refractivity contribution in [1.82, 2.24) is 9.97 Å². The number of hydrogen-bond donors (Lipinski definition) is 1. The molecule has 12 heavy (non-hydrogen) atoms. The highest BCUT2D eigenvalue weighted by Gasteiger charge is 2.09. The van der Waals surface area contributed by atoms with Crippen LogP contribution in [0, 0.1) is 0 Å². The van der Waals surface area contributed by atoms with Crippen LogP contribution in [0.15, 0.2) is 17.9 Å². The Hall–Kier alpha value is -1.49. The quantitative estimate of drug-likeness (QED) is 0.703. The summed E-state index contributed by atoms with van der Waals surface area (Å²) in [5, 5.41) is 2.67. The zero-order valence-corrected chi connectivity index (χ0v) is 6.84. The first-order chi connectivity index (χ1) is 5.79. The monoisotopic (exact) mass is 179 g/mol. The fourth-order valence-electron chi connectivity index (χ4n) is 0.969. The van der Waals surface area contributed by atoms with Gasteiger partial charge in [-0.3, -0.25) is 4.79 Å². The highest BCUT2D eigenvalue weighted by atomic mass is 32.1. The van der Waals surface area contributed by atoms with Crippen LogP contribution >= 0.6 is 11.3 Å². The molecule has 0 unspecified atom stereocenters. The standard InChI is InChI=1S/C7H5N3OS/c8-7(11)6-5-4(2-12-6)1-9-3-10-5/h1-3H,(H2,8,11). The number of amides is 1. The van der Waals surface area contributed by atoms with Crippen LogP contribution in [0.2, 0.25) is 0 Å². The minimum absolute atomic E-state index is 0.436. The Morgan fingerprint density at radius 3 is 3.17 bits per heavy atom. The molecule has 0 radical (unpaired) electrons. The smallest absolute Gasteiger partial charge is 0.261 e. The number of carbonyl (C=O) groups is 1. The molecule has 0 aliphatic carbocycles. The number of primary amides is 1. The van der Waals surface area contributed by atoms with Gasteiger partial charge in [-0.25, -0.2) is 9.97 Å². The van der Waals surface area contributed by atoms with Gasteiger partial charge in [-0.15, -0.1) is 11.3 Å². The lowest BCUT2D eigenvalue weighted by molar-refractivity contribution is 0.101. The molecule has 0 saturated heterocycles. The van der Waals surface area contributed by atoms with E-state index in [2.05, 4.69) is 9.97 Å². The SMILES string of the molecule is NC(=O)c1scc2cncnc12. The second kappa shape index (κ2) is 2.53. The highest BCUT2D eigenvalue weighted by molar-refractivity contribution is 7.13. The average Bonchev–Trinajstić information content (AvgIpc) is 2.47. The Kier molecular flexibility index (Phi) is 1.51. The van der Waals surface area contributed by atoms with Gasteiger partial charge in [-0.1, -0.05) is 0 Å². The lowest BCUT2D eigenvalue weighted by Crippen LogP contribution is -2.09. The number of nitrogens with zero attached hydrogens (tertiary/aromatic N) is 2. The number of hydrogen-bond acceptors (Lipinski definition) is 4. The topological polar surface area (TPSA) is 68.9 Å². The van der Waals surface area contributed by atoms with Gasteiger partial charge in [-0.05, 0) is 0 Å². The summed E-state index contributed by atoms with van der Waals surface area (Å²) in [6, 6.07) is 0. The lowest BCUT2D eigenvalue weighted by Gasteiger charge is -1.89. The van der Waals surface area contributed by atoms with Gasteiger partial charge in [0.15, 0.2) is 0 Å². The molecule has 2 N–H and O–H groups in total. The summed E-state index contributed by atoms with van der Waals surface area (Å²) in [5.41, 5.74) is 5.78. The van der Waals surface area contributed by atoms with E-state index in [1.165, 1.54) is 17.7 Å². The molecule has 4 nitrogen and oxygen atoms in total. The molecule has 0 spiro atoms. The summed E-state index contributed by atoms with van der Waals surface area (Å²) in [5.74, 6) is -0.436. The van der Waals surface area contributed by atoms with Gasteiger partial charge in [0.1, 0.15) is 11.2 Å². The third-order valence-electron chi connectivity index (χ3n) is 1.48. The first-order valence-corrected chi connectivity index (χ1v) is 4.14. The van der Waals surface area contributed by atoms with Crippen molar-refractivity contribution in [3.63, 3.8) is 0 Å². The van der Waals surface area contributed by atoms with E-state index in [4.69, 9.17) is 5.73 Å². The molecule has 2 rings (SSSR count). The van der Waals surface area contributed by atoms with Crippen molar-refractivity contribution in [2.45, 2.75) is 0 Å². The van der Waals surface area contributed by atoms with Gasteiger partial charge in [0, 0.05) is 17.0 Å². The summed E-state index contributed by atoms with van der Waals surface area (Å²) in [7, 11) is 0. The minimum Gasteiger partial charge on any atom is -0.365 e. The van der Waals surface area contributed by atoms with Gasteiger partial charge in [-0.2, -0.15) is 0 Å². The largest absolute Gasteiger partial charge is 0.365 e. The van der Waals surface area contributed by atoms with E-state index < -0.39 is 5.91 Å². The van der Waals surface area contributed by atoms with Crippen LogP contribution in [0.25, 0.3) is 10.9 Å². The minimum atomic E-state index is -0.436. The first kappa shape index (κ1) is 7.17. The van der Waals surface area contributed by atoms with Crippen molar-refractivity contribution in [1.29, 1.82) is 0 Å². The molecular formula is C7H5N3OS. The second-order valence-electron chi connectivity index (χ2n) is 2.26. The number of rotatable bonds is 1. The number of thiophene rings is 1. The van der Waals surface area contributed by atoms with E-state index in [9.17, 15) is 4.79 Å². The predicted molar refractivity (Wildman–Crippen MR) is 45.9 cm³/mol. The van der Waals surface area contributed by atoms with Crippen LogP contribution in [0.1, 0.15) is 9.67 Å². The second-order valence-corrected chi connectivity index (χ2v) is 3.14. The normalized spacial score (nSPS) is 10.3. The van der Waals surface area contributed by atoms with Crippen LogP contribution in [0.4, 0.5) is 0 Å². The summed E-state index contributed by atoms with van der Waals surface area (Å²) in [6.45, 7) is 0. The van der Waals surface area contributed by atoms with Crippen molar-refractivity contribution in [2.24, 2.45) is 5.73 Å². The van der Waals surface area contributed by atoms with Crippen LogP contribution in [-0.2, 0) is 0 Å². The molecule has 1 amide bonds. The fourth-order valence-corrected chi connectivity index (χ4v) is 1.78. The van der Waals surface area contributed by atoms with E-state index in [0.29, 0.717) is 10.4 Å².